The van der Waals surface area contributed by atoms with E-state index in [0.29, 0.717) is 0 Å². The van der Waals surface area contributed by atoms with Crippen molar-refractivity contribution in [3.05, 3.63) is 29.8 Å². The van der Waals surface area contributed by atoms with Crippen LogP contribution in [0.2, 0.25) is 0 Å². The highest BCUT2D eigenvalue weighted by molar-refractivity contribution is 5.57. The molecule has 0 atom stereocenters. The maximum atomic E-state index is 2.43. The maximum Gasteiger partial charge on any atom is 0.0399 e. The maximum absolute atomic E-state index is 2.43. The lowest BCUT2D eigenvalue weighted by Crippen LogP contribution is -2.18. The van der Waals surface area contributed by atoms with E-state index in [2.05, 4.69) is 36.1 Å². The fourth-order valence-corrected chi connectivity index (χ4v) is 1.74. The molecule has 58 valence electrons. The van der Waals surface area contributed by atoms with Crippen molar-refractivity contribution in [1.82, 2.24) is 0 Å². The van der Waals surface area contributed by atoms with Gasteiger partial charge in [-0.3, -0.25) is 0 Å². The first-order chi connectivity index (χ1) is 5.42. The molecule has 0 saturated carbocycles. The van der Waals surface area contributed by atoms with Crippen LogP contribution < -0.4 is 4.90 Å². The molecule has 0 spiro atoms. The van der Waals surface area contributed by atoms with Gasteiger partial charge in [0.15, 0.2) is 0 Å². The summed E-state index contributed by atoms with van der Waals surface area (Å²) in [6, 6.07) is 8.68. The Kier molecular flexibility index (Phi) is 1.57. The molecule has 0 bridgehead atoms. The SMILES string of the molecule is CCN1CCc2ccccc21. The number of nitrogens with zero attached hydrogens (tertiary/aromatic N) is 1. The number of para-hydroxylation sites is 1. The highest BCUT2D eigenvalue weighted by atomic mass is 15.1. The largest absolute Gasteiger partial charge is 0.371 e. The fraction of sp³-hybridized carbons (Fsp3) is 0.400. The Morgan fingerprint density at radius 2 is 2.18 bits per heavy atom. The molecule has 1 aliphatic heterocycles. The molecule has 0 radical (unpaired) electrons. The third-order valence-corrected chi connectivity index (χ3v) is 2.37. The number of fused-ring (bicyclic) bond motifs is 1. The predicted molar refractivity (Wildman–Crippen MR) is 48.0 cm³/mol. The molecule has 1 aromatic rings. The van der Waals surface area contributed by atoms with E-state index in [-0.39, 0.29) is 0 Å². The lowest BCUT2D eigenvalue weighted by molar-refractivity contribution is 0.868. The highest BCUT2D eigenvalue weighted by Crippen LogP contribution is 2.26. The summed E-state index contributed by atoms with van der Waals surface area (Å²) in [5.74, 6) is 0. The number of hydrogen-bond donors (Lipinski definition) is 0. The molecule has 11 heavy (non-hydrogen) atoms. The quantitative estimate of drug-likeness (QED) is 0.587. The van der Waals surface area contributed by atoms with Crippen molar-refractivity contribution in [2.45, 2.75) is 13.3 Å². The Bertz CT molecular complexity index is 255. The molecule has 2 rings (SSSR count). The molecule has 0 aromatic heterocycles. The van der Waals surface area contributed by atoms with Gasteiger partial charge >= 0.3 is 0 Å². The van der Waals surface area contributed by atoms with Crippen LogP contribution in [0.4, 0.5) is 5.69 Å². The lowest BCUT2D eigenvalue weighted by Gasteiger charge is -2.15. The Labute approximate surface area is 67.6 Å². The highest BCUT2D eigenvalue weighted by Gasteiger charge is 2.15. The van der Waals surface area contributed by atoms with E-state index in [0.717, 1.165) is 6.54 Å². The van der Waals surface area contributed by atoms with Crippen LogP contribution in [0.1, 0.15) is 12.5 Å². The number of likely N-dealkylation sites (N-methyl/N-ethyl adjacent to an activating group) is 1. The third-order valence-electron chi connectivity index (χ3n) is 2.37. The van der Waals surface area contributed by atoms with Gasteiger partial charge in [0.25, 0.3) is 0 Å². The van der Waals surface area contributed by atoms with E-state index in [4.69, 9.17) is 0 Å². The molecular weight excluding hydrogens is 134 g/mol. The summed E-state index contributed by atoms with van der Waals surface area (Å²) in [6.45, 7) is 4.55. The smallest absolute Gasteiger partial charge is 0.0399 e. The topological polar surface area (TPSA) is 3.24 Å². The van der Waals surface area contributed by atoms with Gasteiger partial charge in [0.2, 0.25) is 0 Å². The molecule has 0 aliphatic carbocycles. The molecular formula is C10H13N. The average Bonchev–Trinajstić information content (AvgIpc) is 2.47. The van der Waals surface area contributed by atoms with Crippen LogP contribution >= 0.6 is 0 Å². The Balaban J connectivity index is 2.39. The molecule has 0 saturated heterocycles. The van der Waals surface area contributed by atoms with Crippen LogP contribution in [-0.2, 0) is 6.42 Å². The molecule has 1 heterocycles. The summed E-state index contributed by atoms with van der Waals surface area (Å²) in [5.41, 5.74) is 2.95. The average molecular weight is 147 g/mol. The summed E-state index contributed by atoms with van der Waals surface area (Å²) >= 11 is 0. The van der Waals surface area contributed by atoms with Crippen molar-refractivity contribution >= 4 is 5.69 Å². The van der Waals surface area contributed by atoms with Gasteiger partial charge in [-0.25, -0.2) is 0 Å². The van der Waals surface area contributed by atoms with E-state index in [1.807, 2.05) is 0 Å². The summed E-state index contributed by atoms with van der Waals surface area (Å²) in [5, 5.41) is 0. The van der Waals surface area contributed by atoms with Crippen molar-refractivity contribution in [2.24, 2.45) is 0 Å². The standard InChI is InChI=1S/C10H13N/c1-2-11-8-7-9-5-3-4-6-10(9)11/h3-6H,2,7-8H2,1H3. The van der Waals surface area contributed by atoms with E-state index in [1.165, 1.54) is 24.2 Å². The first-order valence-electron chi connectivity index (χ1n) is 4.24. The molecule has 1 nitrogen and oxygen atoms in total. The Morgan fingerprint density at radius 3 is 3.00 bits per heavy atom. The molecule has 1 aliphatic rings. The van der Waals surface area contributed by atoms with Gasteiger partial charge in [-0.2, -0.15) is 0 Å². The van der Waals surface area contributed by atoms with E-state index in [1.54, 1.807) is 0 Å². The molecule has 0 N–H and O–H groups in total. The van der Waals surface area contributed by atoms with Crippen LogP contribution in [0, 0.1) is 0 Å². The monoisotopic (exact) mass is 147 g/mol. The van der Waals surface area contributed by atoms with Crippen molar-refractivity contribution in [1.29, 1.82) is 0 Å². The minimum Gasteiger partial charge on any atom is -0.371 e. The summed E-state index contributed by atoms with van der Waals surface area (Å²) in [7, 11) is 0. The normalized spacial score (nSPS) is 15.2. The van der Waals surface area contributed by atoms with Gasteiger partial charge in [0.05, 0.1) is 0 Å². The van der Waals surface area contributed by atoms with Crippen molar-refractivity contribution in [3.8, 4) is 0 Å². The summed E-state index contributed by atoms with van der Waals surface area (Å²) in [4.78, 5) is 2.43. The summed E-state index contributed by atoms with van der Waals surface area (Å²) < 4.78 is 0. The van der Waals surface area contributed by atoms with Gasteiger partial charge in [-0.15, -0.1) is 0 Å². The van der Waals surface area contributed by atoms with Gasteiger partial charge in [-0.1, -0.05) is 18.2 Å². The Morgan fingerprint density at radius 1 is 1.36 bits per heavy atom. The van der Waals surface area contributed by atoms with Crippen LogP contribution in [0.25, 0.3) is 0 Å². The lowest BCUT2D eigenvalue weighted by atomic mass is 10.2. The van der Waals surface area contributed by atoms with Gasteiger partial charge < -0.3 is 4.90 Å². The van der Waals surface area contributed by atoms with Crippen LogP contribution in [0.15, 0.2) is 24.3 Å². The zero-order valence-electron chi connectivity index (χ0n) is 6.88. The van der Waals surface area contributed by atoms with Crippen LogP contribution in [0.5, 0.6) is 0 Å². The zero-order chi connectivity index (χ0) is 7.68. The van der Waals surface area contributed by atoms with Gasteiger partial charge in [-0.05, 0) is 25.0 Å². The number of benzene rings is 1. The molecule has 1 aromatic carbocycles. The number of hydrogen-bond acceptors (Lipinski definition) is 1. The van der Waals surface area contributed by atoms with Crippen molar-refractivity contribution in [3.63, 3.8) is 0 Å². The molecule has 1 heteroatoms. The second-order valence-electron chi connectivity index (χ2n) is 2.96. The van der Waals surface area contributed by atoms with E-state index < -0.39 is 0 Å². The molecule has 0 amide bonds. The van der Waals surface area contributed by atoms with Crippen molar-refractivity contribution in [2.75, 3.05) is 18.0 Å². The molecule has 0 fully saturated rings. The van der Waals surface area contributed by atoms with Gasteiger partial charge in [0.1, 0.15) is 0 Å². The summed E-state index contributed by atoms with van der Waals surface area (Å²) in [6.07, 6.45) is 1.23. The number of rotatable bonds is 1. The molecule has 0 unspecified atom stereocenters. The Hall–Kier alpha value is -0.980. The minimum atomic E-state index is 1.14. The first-order valence-corrected chi connectivity index (χ1v) is 4.24. The van der Waals surface area contributed by atoms with Crippen molar-refractivity contribution < 1.29 is 0 Å². The minimum absolute atomic E-state index is 1.14. The third kappa shape index (κ3) is 1.01. The number of anilines is 1. The van der Waals surface area contributed by atoms with Gasteiger partial charge in [0, 0.05) is 18.8 Å². The first kappa shape index (κ1) is 6.71. The van der Waals surface area contributed by atoms with E-state index >= 15 is 0 Å². The van der Waals surface area contributed by atoms with Crippen LogP contribution in [0.3, 0.4) is 0 Å². The zero-order valence-corrected chi connectivity index (χ0v) is 6.88. The fourth-order valence-electron chi connectivity index (χ4n) is 1.74. The van der Waals surface area contributed by atoms with Crippen LogP contribution in [-0.4, -0.2) is 13.1 Å². The van der Waals surface area contributed by atoms with E-state index in [9.17, 15) is 0 Å². The predicted octanol–water partition coefficient (Wildman–Crippen LogP) is 2.07. The second-order valence-corrected chi connectivity index (χ2v) is 2.96. The second kappa shape index (κ2) is 2.57.